The van der Waals surface area contributed by atoms with E-state index in [0.29, 0.717) is 18.0 Å². The third-order valence-corrected chi connectivity index (χ3v) is 4.56. The smallest absolute Gasteiger partial charge is 0.303 e. The van der Waals surface area contributed by atoms with Gasteiger partial charge in [-0.15, -0.1) is 11.8 Å². The molecule has 21 heavy (non-hydrogen) atoms. The van der Waals surface area contributed by atoms with E-state index in [0.717, 1.165) is 12.8 Å². The quantitative estimate of drug-likeness (QED) is 0.849. The number of halogens is 1. The highest BCUT2D eigenvalue weighted by molar-refractivity contribution is 8.00. The number of piperidine rings is 1. The number of likely N-dealkylation sites (tertiary alicyclic amines) is 1. The Kier molecular flexibility index (Phi) is 5.61. The van der Waals surface area contributed by atoms with Gasteiger partial charge in [-0.25, -0.2) is 4.39 Å². The molecule has 1 N–H and O–H groups in total. The predicted molar refractivity (Wildman–Crippen MR) is 78.7 cm³/mol. The van der Waals surface area contributed by atoms with E-state index in [1.807, 2.05) is 0 Å². The van der Waals surface area contributed by atoms with Gasteiger partial charge < -0.3 is 10.0 Å². The van der Waals surface area contributed by atoms with Crippen LogP contribution in [0.2, 0.25) is 0 Å². The van der Waals surface area contributed by atoms with Crippen molar-refractivity contribution in [3.05, 3.63) is 30.1 Å². The Labute approximate surface area is 127 Å². The maximum Gasteiger partial charge on any atom is 0.303 e. The van der Waals surface area contributed by atoms with Crippen LogP contribution in [0.4, 0.5) is 4.39 Å². The van der Waals surface area contributed by atoms with Crippen LogP contribution < -0.4 is 0 Å². The van der Waals surface area contributed by atoms with Crippen LogP contribution >= 0.6 is 11.8 Å². The summed E-state index contributed by atoms with van der Waals surface area (Å²) < 4.78 is 13.5. The zero-order valence-electron chi connectivity index (χ0n) is 11.6. The van der Waals surface area contributed by atoms with Crippen LogP contribution in [-0.4, -0.2) is 40.7 Å². The molecule has 0 radical (unpaired) electrons. The van der Waals surface area contributed by atoms with Gasteiger partial charge in [0, 0.05) is 24.4 Å². The average molecular weight is 311 g/mol. The first-order valence-corrected chi connectivity index (χ1v) is 7.91. The van der Waals surface area contributed by atoms with Crippen molar-refractivity contribution in [1.82, 2.24) is 4.90 Å². The van der Waals surface area contributed by atoms with Gasteiger partial charge in [0.05, 0.1) is 5.75 Å². The number of thioether (sulfide) groups is 1. The highest BCUT2D eigenvalue weighted by atomic mass is 32.2. The summed E-state index contributed by atoms with van der Waals surface area (Å²) >= 11 is 1.18. The van der Waals surface area contributed by atoms with E-state index in [4.69, 9.17) is 5.11 Å². The van der Waals surface area contributed by atoms with Gasteiger partial charge in [-0.3, -0.25) is 9.59 Å². The van der Waals surface area contributed by atoms with Crippen molar-refractivity contribution < 1.29 is 19.1 Å². The molecule has 1 fully saturated rings. The molecule has 1 aromatic rings. The molecule has 0 aliphatic carbocycles. The summed E-state index contributed by atoms with van der Waals surface area (Å²) in [6, 6.07) is 6.37. The lowest BCUT2D eigenvalue weighted by Gasteiger charge is -2.32. The predicted octanol–water partition coefficient (Wildman–Crippen LogP) is 2.63. The molecule has 1 atom stereocenters. The van der Waals surface area contributed by atoms with Gasteiger partial charge in [0.25, 0.3) is 0 Å². The second-order valence-electron chi connectivity index (χ2n) is 5.16. The molecule has 1 heterocycles. The third-order valence-electron chi connectivity index (χ3n) is 3.52. The molecule has 0 spiro atoms. The molecule has 0 bridgehead atoms. The normalized spacial score (nSPS) is 18.5. The summed E-state index contributed by atoms with van der Waals surface area (Å²) in [6.07, 6.45) is 1.77. The Morgan fingerprint density at radius 2 is 2.14 bits per heavy atom. The highest BCUT2D eigenvalue weighted by Gasteiger charge is 2.25. The van der Waals surface area contributed by atoms with E-state index < -0.39 is 5.97 Å². The maximum atomic E-state index is 13.5. The van der Waals surface area contributed by atoms with Gasteiger partial charge in [-0.1, -0.05) is 12.1 Å². The Bertz CT molecular complexity index is 523. The molecule has 1 aromatic carbocycles. The Morgan fingerprint density at radius 3 is 2.86 bits per heavy atom. The first kappa shape index (κ1) is 15.8. The summed E-state index contributed by atoms with van der Waals surface area (Å²) in [6.45, 7) is 1.15. The summed E-state index contributed by atoms with van der Waals surface area (Å²) in [5.41, 5.74) is 0. The maximum absolute atomic E-state index is 13.5. The summed E-state index contributed by atoms with van der Waals surface area (Å²) in [7, 11) is 0. The van der Waals surface area contributed by atoms with Crippen LogP contribution in [0.25, 0.3) is 0 Å². The number of amides is 1. The molecular formula is C15H18FNO3S. The van der Waals surface area contributed by atoms with Crippen LogP contribution in [-0.2, 0) is 9.59 Å². The molecule has 1 saturated heterocycles. The third kappa shape index (κ3) is 4.74. The van der Waals surface area contributed by atoms with Crippen molar-refractivity contribution in [1.29, 1.82) is 0 Å². The van der Waals surface area contributed by atoms with E-state index in [9.17, 15) is 14.0 Å². The molecule has 1 unspecified atom stereocenters. The standard InChI is InChI=1S/C15H18FNO3S/c16-12-5-1-2-6-13(12)21-10-14(18)17-7-3-4-11(9-17)8-15(19)20/h1-2,5-6,11H,3-4,7-10H2,(H,19,20). The lowest BCUT2D eigenvalue weighted by atomic mass is 9.95. The van der Waals surface area contributed by atoms with E-state index in [-0.39, 0.29) is 29.8 Å². The minimum absolute atomic E-state index is 0.0265. The van der Waals surface area contributed by atoms with Crippen molar-refractivity contribution in [3.63, 3.8) is 0 Å². The van der Waals surface area contributed by atoms with E-state index >= 15 is 0 Å². The molecule has 1 amide bonds. The molecule has 1 aliphatic rings. The van der Waals surface area contributed by atoms with Crippen molar-refractivity contribution in [3.8, 4) is 0 Å². The monoisotopic (exact) mass is 311 g/mol. The van der Waals surface area contributed by atoms with Gasteiger partial charge in [0.2, 0.25) is 5.91 Å². The van der Waals surface area contributed by atoms with Gasteiger partial charge in [-0.2, -0.15) is 0 Å². The van der Waals surface area contributed by atoms with Crippen LogP contribution in [0.3, 0.4) is 0 Å². The lowest BCUT2D eigenvalue weighted by Crippen LogP contribution is -2.41. The van der Waals surface area contributed by atoms with Crippen molar-refractivity contribution in [2.45, 2.75) is 24.2 Å². The van der Waals surface area contributed by atoms with Crippen molar-refractivity contribution in [2.75, 3.05) is 18.8 Å². The van der Waals surface area contributed by atoms with Crippen molar-refractivity contribution in [2.24, 2.45) is 5.92 Å². The topological polar surface area (TPSA) is 57.6 Å². The fraction of sp³-hybridized carbons (Fsp3) is 0.467. The Balaban J connectivity index is 1.85. The lowest BCUT2D eigenvalue weighted by molar-refractivity contribution is -0.140. The second kappa shape index (κ2) is 7.45. The largest absolute Gasteiger partial charge is 0.481 e. The number of carboxylic acid groups (broad SMARTS) is 1. The molecule has 6 heteroatoms. The van der Waals surface area contributed by atoms with Crippen molar-refractivity contribution >= 4 is 23.6 Å². The van der Waals surface area contributed by atoms with E-state index in [1.54, 1.807) is 23.1 Å². The minimum atomic E-state index is -0.824. The number of hydrogen-bond acceptors (Lipinski definition) is 3. The number of hydrogen-bond donors (Lipinski definition) is 1. The highest BCUT2D eigenvalue weighted by Crippen LogP contribution is 2.24. The molecule has 0 saturated carbocycles. The number of carboxylic acids is 1. The molecular weight excluding hydrogens is 293 g/mol. The second-order valence-corrected chi connectivity index (χ2v) is 6.18. The molecule has 4 nitrogen and oxygen atoms in total. The zero-order chi connectivity index (χ0) is 15.2. The number of rotatable bonds is 5. The van der Waals surface area contributed by atoms with Crippen LogP contribution in [0.5, 0.6) is 0 Å². The zero-order valence-corrected chi connectivity index (χ0v) is 12.4. The Hall–Kier alpha value is -1.56. The first-order valence-electron chi connectivity index (χ1n) is 6.93. The number of benzene rings is 1. The van der Waals surface area contributed by atoms with Gasteiger partial charge in [0.1, 0.15) is 5.82 Å². The molecule has 2 rings (SSSR count). The van der Waals surface area contributed by atoms with E-state index in [2.05, 4.69) is 0 Å². The first-order chi connectivity index (χ1) is 10.1. The fourth-order valence-corrected chi connectivity index (χ4v) is 3.34. The van der Waals surface area contributed by atoms with Gasteiger partial charge in [0.15, 0.2) is 0 Å². The van der Waals surface area contributed by atoms with Crippen LogP contribution in [0.15, 0.2) is 29.2 Å². The fourth-order valence-electron chi connectivity index (χ4n) is 2.50. The van der Waals surface area contributed by atoms with Crippen LogP contribution in [0.1, 0.15) is 19.3 Å². The van der Waals surface area contributed by atoms with Crippen LogP contribution in [0, 0.1) is 11.7 Å². The van der Waals surface area contributed by atoms with Gasteiger partial charge in [-0.05, 0) is 30.9 Å². The van der Waals surface area contributed by atoms with Gasteiger partial charge >= 0.3 is 5.97 Å². The summed E-state index contributed by atoms with van der Waals surface area (Å²) in [5, 5.41) is 8.82. The number of carbonyl (C=O) groups is 2. The summed E-state index contributed by atoms with van der Waals surface area (Å²) in [4.78, 5) is 25.1. The minimum Gasteiger partial charge on any atom is -0.481 e. The van der Waals surface area contributed by atoms with E-state index in [1.165, 1.54) is 17.8 Å². The summed E-state index contributed by atoms with van der Waals surface area (Å²) in [5.74, 6) is -0.995. The number of nitrogens with zero attached hydrogens (tertiary/aromatic N) is 1. The SMILES string of the molecule is O=C(O)CC1CCCN(C(=O)CSc2ccccc2F)C1. The number of aliphatic carboxylic acids is 1. The number of carbonyl (C=O) groups excluding carboxylic acids is 1. The molecule has 114 valence electrons. The molecule has 0 aromatic heterocycles. The molecule has 1 aliphatic heterocycles. The Morgan fingerprint density at radius 1 is 1.38 bits per heavy atom. The average Bonchev–Trinajstić information content (AvgIpc) is 2.45.